The number of nitrogens with two attached hydrogens (primary N) is 1. The molecule has 1 aliphatic heterocycles. The maximum atomic E-state index is 11.7. The maximum Gasteiger partial charge on any atom is 0.350 e. The minimum absolute atomic E-state index is 0.309. The van der Waals surface area contributed by atoms with Gasteiger partial charge in [0.25, 0.3) is 0 Å². The van der Waals surface area contributed by atoms with Crippen LogP contribution in [-0.2, 0) is 4.74 Å². The second-order valence-corrected chi connectivity index (χ2v) is 5.79. The Hall–Kier alpha value is -1.23. The lowest BCUT2D eigenvalue weighted by Crippen LogP contribution is -2.32. The van der Waals surface area contributed by atoms with E-state index in [4.69, 9.17) is 10.5 Å². The van der Waals surface area contributed by atoms with Gasteiger partial charge in [-0.15, -0.1) is 11.3 Å². The topological polar surface area (TPSA) is 55.6 Å². The molecule has 0 radical (unpaired) electrons. The Bertz CT molecular complexity index is 423. The quantitative estimate of drug-likeness (QED) is 0.856. The first-order valence-corrected chi connectivity index (χ1v) is 7.24. The Morgan fingerprint density at radius 2 is 2.22 bits per heavy atom. The molecular weight excluding hydrogens is 248 g/mol. The highest BCUT2D eigenvalue weighted by Gasteiger charge is 2.21. The van der Waals surface area contributed by atoms with Crippen molar-refractivity contribution in [3.05, 3.63) is 10.9 Å². The van der Waals surface area contributed by atoms with Gasteiger partial charge in [0.05, 0.1) is 17.3 Å². The lowest BCUT2D eigenvalue weighted by molar-refractivity contribution is 0.0533. The summed E-state index contributed by atoms with van der Waals surface area (Å²) in [4.78, 5) is 14.5. The summed E-state index contributed by atoms with van der Waals surface area (Å²) in [6.45, 7) is 6.55. The van der Waals surface area contributed by atoms with Crippen LogP contribution in [0.2, 0.25) is 0 Å². The van der Waals surface area contributed by atoms with E-state index in [-0.39, 0.29) is 5.97 Å². The van der Waals surface area contributed by atoms with Crippen molar-refractivity contribution in [2.45, 2.75) is 26.7 Å². The van der Waals surface area contributed by atoms with Crippen molar-refractivity contribution < 1.29 is 9.53 Å². The molecule has 1 saturated heterocycles. The number of piperidine rings is 1. The maximum absolute atomic E-state index is 11.7. The summed E-state index contributed by atoms with van der Waals surface area (Å²) in [7, 11) is 0. The molecule has 0 aromatic carbocycles. The van der Waals surface area contributed by atoms with Crippen LogP contribution in [0.15, 0.2) is 6.07 Å². The standard InChI is InChI=1S/C13H20N2O2S/c1-3-17-13(16)12-10(14)8-11(18-12)15-6-4-9(2)5-7-15/h8-9H,3-7,14H2,1-2H3. The lowest BCUT2D eigenvalue weighted by Gasteiger charge is -2.30. The van der Waals surface area contributed by atoms with E-state index < -0.39 is 0 Å². The fourth-order valence-corrected chi connectivity index (χ4v) is 3.16. The summed E-state index contributed by atoms with van der Waals surface area (Å²) in [5.74, 6) is 0.486. The fourth-order valence-electron chi connectivity index (χ4n) is 2.13. The van der Waals surface area contributed by atoms with Gasteiger partial charge >= 0.3 is 5.97 Å². The smallest absolute Gasteiger partial charge is 0.350 e. The summed E-state index contributed by atoms with van der Waals surface area (Å²) >= 11 is 1.44. The predicted molar refractivity (Wildman–Crippen MR) is 75.3 cm³/mol. The number of rotatable bonds is 3. The van der Waals surface area contributed by atoms with E-state index in [9.17, 15) is 4.79 Å². The minimum Gasteiger partial charge on any atom is -0.462 e. The minimum atomic E-state index is -0.309. The molecule has 0 unspecified atom stereocenters. The van der Waals surface area contributed by atoms with E-state index >= 15 is 0 Å². The zero-order valence-electron chi connectivity index (χ0n) is 10.9. The van der Waals surface area contributed by atoms with Crippen LogP contribution in [0.5, 0.6) is 0 Å². The van der Waals surface area contributed by atoms with Crippen LogP contribution in [0.4, 0.5) is 10.7 Å². The lowest BCUT2D eigenvalue weighted by atomic mass is 9.99. The third kappa shape index (κ3) is 2.77. The molecule has 2 heterocycles. The van der Waals surface area contributed by atoms with Crippen molar-refractivity contribution in [3.8, 4) is 0 Å². The molecule has 1 aromatic rings. The number of nitrogen functional groups attached to an aromatic ring is 1. The first-order chi connectivity index (χ1) is 8.61. The molecule has 0 atom stereocenters. The summed E-state index contributed by atoms with van der Waals surface area (Å²) in [5.41, 5.74) is 6.42. The summed E-state index contributed by atoms with van der Waals surface area (Å²) < 4.78 is 5.00. The van der Waals surface area contributed by atoms with E-state index in [1.807, 2.05) is 6.07 Å². The molecule has 1 aromatic heterocycles. The Kier molecular flexibility index (Phi) is 4.11. The molecule has 1 fully saturated rings. The molecule has 1 aliphatic rings. The Labute approximate surface area is 112 Å². The van der Waals surface area contributed by atoms with Crippen LogP contribution in [-0.4, -0.2) is 25.7 Å². The van der Waals surface area contributed by atoms with Crippen molar-refractivity contribution in [2.75, 3.05) is 30.3 Å². The molecule has 4 nitrogen and oxygen atoms in total. The average Bonchev–Trinajstić information content (AvgIpc) is 2.72. The Morgan fingerprint density at radius 3 is 2.83 bits per heavy atom. The van der Waals surface area contributed by atoms with Gasteiger partial charge in [0.1, 0.15) is 4.88 Å². The average molecular weight is 268 g/mol. The van der Waals surface area contributed by atoms with Crippen LogP contribution in [0.1, 0.15) is 36.4 Å². The van der Waals surface area contributed by atoms with Gasteiger partial charge in [0, 0.05) is 13.1 Å². The molecule has 100 valence electrons. The van der Waals surface area contributed by atoms with Gasteiger partial charge in [-0.05, 0) is 31.7 Å². The normalized spacial score (nSPS) is 16.9. The summed E-state index contributed by atoms with van der Waals surface area (Å²) in [6.07, 6.45) is 2.40. The highest BCUT2D eigenvalue weighted by Crippen LogP contribution is 2.34. The first-order valence-electron chi connectivity index (χ1n) is 6.43. The molecule has 5 heteroatoms. The number of ether oxygens (including phenoxy) is 1. The molecule has 2 N–H and O–H groups in total. The molecule has 0 amide bonds. The van der Waals surface area contributed by atoms with Crippen LogP contribution < -0.4 is 10.6 Å². The SMILES string of the molecule is CCOC(=O)c1sc(N2CCC(C)CC2)cc1N. The number of carbonyl (C=O) groups is 1. The summed E-state index contributed by atoms with van der Waals surface area (Å²) in [5, 5.41) is 1.09. The second-order valence-electron chi connectivity index (χ2n) is 4.76. The van der Waals surface area contributed by atoms with Crippen LogP contribution in [0, 0.1) is 5.92 Å². The predicted octanol–water partition coefficient (Wildman–Crippen LogP) is 2.74. The molecule has 2 rings (SSSR count). The van der Waals surface area contributed by atoms with Crippen molar-refractivity contribution in [1.82, 2.24) is 0 Å². The van der Waals surface area contributed by atoms with Gasteiger partial charge in [-0.3, -0.25) is 0 Å². The Morgan fingerprint density at radius 1 is 1.56 bits per heavy atom. The van der Waals surface area contributed by atoms with Crippen LogP contribution in [0.3, 0.4) is 0 Å². The highest BCUT2D eigenvalue weighted by molar-refractivity contribution is 7.18. The highest BCUT2D eigenvalue weighted by atomic mass is 32.1. The zero-order valence-corrected chi connectivity index (χ0v) is 11.8. The third-order valence-electron chi connectivity index (χ3n) is 3.30. The zero-order chi connectivity index (χ0) is 13.1. The third-order valence-corrected chi connectivity index (χ3v) is 4.50. The molecule has 0 spiro atoms. The Balaban J connectivity index is 2.11. The van der Waals surface area contributed by atoms with E-state index in [1.165, 1.54) is 24.2 Å². The number of anilines is 2. The number of nitrogens with zero attached hydrogens (tertiary/aromatic N) is 1. The van der Waals surface area contributed by atoms with Crippen LogP contribution in [0.25, 0.3) is 0 Å². The number of esters is 1. The molecule has 0 bridgehead atoms. The van der Waals surface area contributed by atoms with Crippen molar-refractivity contribution >= 4 is 28.0 Å². The van der Waals surface area contributed by atoms with Gasteiger partial charge in [-0.25, -0.2) is 4.79 Å². The van der Waals surface area contributed by atoms with Crippen molar-refractivity contribution in [2.24, 2.45) is 5.92 Å². The summed E-state index contributed by atoms with van der Waals surface area (Å²) in [6, 6.07) is 1.90. The van der Waals surface area contributed by atoms with Gasteiger partial charge < -0.3 is 15.4 Å². The molecule has 0 aliphatic carbocycles. The first kappa shape index (κ1) is 13.2. The molecule has 0 saturated carbocycles. The van der Waals surface area contributed by atoms with E-state index in [1.54, 1.807) is 6.92 Å². The number of thiophene rings is 1. The van der Waals surface area contributed by atoms with E-state index in [0.717, 1.165) is 24.0 Å². The largest absolute Gasteiger partial charge is 0.462 e. The van der Waals surface area contributed by atoms with Gasteiger partial charge in [0.2, 0.25) is 0 Å². The van der Waals surface area contributed by atoms with Crippen molar-refractivity contribution in [1.29, 1.82) is 0 Å². The van der Waals surface area contributed by atoms with Gasteiger partial charge in [-0.2, -0.15) is 0 Å². The number of hydrogen-bond donors (Lipinski definition) is 1. The molecule has 18 heavy (non-hydrogen) atoms. The second kappa shape index (κ2) is 5.61. The van der Waals surface area contributed by atoms with Gasteiger partial charge in [0.15, 0.2) is 0 Å². The monoisotopic (exact) mass is 268 g/mol. The molecular formula is C13H20N2O2S. The number of carbonyl (C=O) groups excluding carboxylic acids is 1. The van der Waals surface area contributed by atoms with Gasteiger partial charge in [-0.1, -0.05) is 6.92 Å². The van der Waals surface area contributed by atoms with E-state index in [0.29, 0.717) is 17.2 Å². The number of hydrogen-bond acceptors (Lipinski definition) is 5. The van der Waals surface area contributed by atoms with Crippen molar-refractivity contribution in [3.63, 3.8) is 0 Å². The van der Waals surface area contributed by atoms with Crippen LogP contribution >= 0.6 is 11.3 Å². The van der Waals surface area contributed by atoms with E-state index in [2.05, 4.69) is 11.8 Å². The fraction of sp³-hybridized carbons (Fsp3) is 0.615.